The van der Waals surface area contributed by atoms with E-state index < -0.39 is 21.6 Å². The maximum absolute atomic E-state index is 13.5. The lowest BCUT2D eigenvalue weighted by Gasteiger charge is -2.11. The van der Waals surface area contributed by atoms with E-state index in [1.165, 1.54) is 42.8 Å². The van der Waals surface area contributed by atoms with Crippen LogP contribution in [0.4, 0.5) is 10.2 Å². The number of furan rings is 1. The van der Waals surface area contributed by atoms with Crippen molar-refractivity contribution in [3.8, 4) is 10.6 Å². The van der Waals surface area contributed by atoms with Crippen LogP contribution in [0, 0.1) is 5.82 Å². The molecule has 3 heterocycles. The maximum Gasteiger partial charge on any atom is 0.272 e. The number of hydrogen-bond acceptors (Lipinski definition) is 6. The summed E-state index contributed by atoms with van der Waals surface area (Å²) in [5.74, 6) is -0.888. The summed E-state index contributed by atoms with van der Waals surface area (Å²) < 4.78 is 46.9. The number of anilines is 1. The Morgan fingerprint density at radius 2 is 1.97 bits per heavy atom. The molecule has 0 aliphatic rings. The van der Waals surface area contributed by atoms with Gasteiger partial charge in [0.2, 0.25) is 0 Å². The third kappa shape index (κ3) is 4.13. The molecular formula is C20H12ClFN2O4S2. The predicted molar refractivity (Wildman–Crippen MR) is 112 cm³/mol. The molecule has 0 aliphatic carbocycles. The van der Waals surface area contributed by atoms with Gasteiger partial charge in [0, 0.05) is 11.8 Å². The lowest BCUT2D eigenvalue weighted by molar-refractivity contribution is 0.103. The highest BCUT2D eigenvalue weighted by Crippen LogP contribution is 2.32. The van der Waals surface area contributed by atoms with Crippen molar-refractivity contribution in [1.82, 2.24) is 4.98 Å². The number of nitrogens with one attached hydrogen (secondary N) is 1. The second kappa shape index (κ2) is 8.02. The Balaban J connectivity index is 1.69. The van der Waals surface area contributed by atoms with Crippen LogP contribution in [0.2, 0.25) is 5.02 Å². The molecule has 0 bridgehead atoms. The first kappa shape index (κ1) is 20.3. The van der Waals surface area contributed by atoms with Crippen LogP contribution < -0.4 is 4.72 Å². The van der Waals surface area contributed by atoms with E-state index in [9.17, 15) is 17.6 Å². The molecule has 1 aromatic carbocycles. The SMILES string of the molecule is O=C(c1cccc(F)c1)c1cc(Cl)cnc1NS(=O)(=O)c1ccc(-c2ccco2)s1. The van der Waals surface area contributed by atoms with Crippen LogP contribution in [0.15, 0.2) is 75.7 Å². The third-order valence-corrected chi connectivity index (χ3v) is 7.16. The molecule has 4 rings (SSSR count). The molecule has 0 unspecified atom stereocenters. The van der Waals surface area contributed by atoms with Gasteiger partial charge in [-0.15, -0.1) is 11.3 Å². The maximum atomic E-state index is 13.5. The number of carbonyl (C=O) groups excluding carboxylic acids is 1. The topological polar surface area (TPSA) is 89.3 Å². The van der Waals surface area contributed by atoms with Gasteiger partial charge >= 0.3 is 0 Å². The van der Waals surface area contributed by atoms with Gasteiger partial charge in [-0.3, -0.25) is 9.52 Å². The van der Waals surface area contributed by atoms with Crippen LogP contribution >= 0.6 is 22.9 Å². The number of benzene rings is 1. The van der Waals surface area contributed by atoms with E-state index >= 15 is 0 Å². The summed E-state index contributed by atoms with van der Waals surface area (Å²) in [6, 6.07) is 12.8. The Hall–Kier alpha value is -3.01. The van der Waals surface area contributed by atoms with Crippen LogP contribution in [0.1, 0.15) is 15.9 Å². The molecule has 0 radical (unpaired) electrons. The van der Waals surface area contributed by atoms with Gasteiger partial charge in [0.15, 0.2) is 11.6 Å². The van der Waals surface area contributed by atoms with Gasteiger partial charge in [0.1, 0.15) is 15.8 Å². The fourth-order valence-corrected chi connectivity index (χ4v) is 5.13. The number of ketones is 1. The molecule has 3 aromatic heterocycles. The van der Waals surface area contributed by atoms with Gasteiger partial charge in [0.25, 0.3) is 10.0 Å². The molecule has 0 saturated heterocycles. The van der Waals surface area contributed by atoms with Crippen molar-refractivity contribution in [3.63, 3.8) is 0 Å². The number of pyridine rings is 1. The second-order valence-electron chi connectivity index (χ2n) is 6.09. The average molecular weight is 463 g/mol. The van der Waals surface area contributed by atoms with Gasteiger partial charge < -0.3 is 4.42 Å². The molecule has 0 amide bonds. The molecule has 4 aromatic rings. The van der Waals surface area contributed by atoms with E-state index in [0.717, 1.165) is 17.4 Å². The summed E-state index contributed by atoms with van der Waals surface area (Å²) >= 11 is 6.95. The summed E-state index contributed by atoms with van der Waals surface area (Å²) in [6.07, 6.45) is 2.70. The molecular weight excluding hydrogens is 451 g/mol. The minimum Gasteiger partial charge on any atom is -0.464 e. The van der Waals surface area contributed by atoms with Gasteiger partial charge in [0.05, 0.1) is 21.7 Å². The average Bonchev–Trinajstić information content (AvgIpc) is 3.40. The number of sulfonamides is 1. The number of carbonyl (C=O) groups is 1. The summed E-state index contributed by atoms with van der Waals surface area (Å²) in [7, 11) is -4.05. The Morgan fingerprint density at radius 3 is 2.70 bits per heavy atom. The molecule has 6 nitrogen and oxygen atoms in total. The molecule has 0 fully saturated rings. The Labute approximate surface area is 180 Å². The lowest BCUT2D eigenvalue weighted by atomic mass is 10.0. The van der Waals surface area contributed by atoms with Crippen LogP contribution in [-0.2, 0) is 10.0 Å². The van der Waals surface area contributed by atoms with E-state index in [-0.39, 0.29) is 26.2 Å². The van der Waals surface area contributed by atoms with E-state index in [1.54, 1.807) is 18.2 Å². The zero-order chi connectivity index (χ0) is 21.3. The standard InChI is InChI=1S/C20H12ClFN2O4S2/c21-13-10-15(19(25)12-3-1-4-14(22)9-12)20(23-11-13)24-30(26,27)18-7-6-17(29-18)16-5-2-8-28-16/h1-11H,(H,23,24). The highest BCUT2D eigenvalue weighted by Gasteiger charge is 2.23. The summed E-state index contributed by atoms with van der Waals surface area (Å²) in [4.78, 5) is 17.4. The summed E-state index contributed by atoms with van der Waals surface area (Å²) in [5.41, 5.74) is -0.0600. The fourth-order valence-electron chi connectivity index (χ4n) is 2.67. The van der Waals surface area contributed by atoms with Gasteiger partial charge in [-0.05, 0) is 42.5 Å². The first-order valence-electron chi connectivity index (χ1n) is 8.46. The highest BCUT2D eigenvalue weighted by molar-refractivity contribution is 7.94. The van der Waals surface area contributed by atoms with E-state index in [4.69, 9.17) is 16.0 Å². The molecule has 30 heavy (non-hydrogen) atoms. The number of nitrogens with zero attached hydrogens (tertiary/aromatic N) is 1. The molecule has 0 aliphatic heterocycles. The zero-order valence-corrected chi connectivity index (χ0v) is 17.4. The normalized spacial score (nSPS) is 11.4. The predicted octanol–water partition coefficient (Wildman–Crippen LogP) is 5.23. The first-order valence-corrected chi connectivity index (χ1v) is 11.1. The summed E-state index contributed by atoms with van der Waals surface area (Å²) in [6.45, 7) is 0. The minimum absolute atomic E-state index is 0.00908. The minimum atomic E-state index is -4.05. The van der Waals surface area contributed by atoms with E-state index in [1.807, 2.05) is 0 Å². The number of rotatable bonds is 6. The number of hydrogen-bond donors (Lipinski definition) is 1. The van der Waals surface area contributed by atoms with Gasteiger partial charge in [-0.25, -0.2) is 17.8 Å². The second-order valence-corrected chi connectivity index (χ2v) is 9.52. The molecule has 152 valence electrons. The van der Waals surface area contributed by atoms with Crippen LogP contribution in [0.5, 0.6) is 0 Å². The van der Waals surface area contributed by atoms with Crippen LogP contribution in [0.25, 0.3) is 10.6 Å². The molecule has 0 atom stereocenters. The van der Waals surface area contributed by atoms with Crippen molar-refractivity contribution in [2.75, 3.05) is 4.72 Å². The van der Waals surface area contributed by atoms with Crippen molar-refractivity contribution in [2.24, 2.45) is 0 Å². The van der Waals surface area contributed by atoms with Crippen LogP contribution in [-0.4, -0.2) is 19.2 Å². The lowest BCUT2D eigenvalue weighted by Crippen LogP contribution is -2.16. The monoisotopic (exact) mass is 462 g/mol. The fraction of sp³-hybridized carbons (Fsp3) is 0. The molecule has 10 heteroatoms. The largest absolute Gasteiger partial charge is 0.464 e. The smallest absolute Gasteiger partial charge is 0.272 e. The first-order chi connectivity index (χ1) is 14.3. The van der Waals surface area contributed by atoms with Crippen molar-refractivity contribution in [2.45, 2.75) is 4.21 Å². The Bertz CT molecular complexity index is 1330. The number of halogens is 2. The van der Waals surface area contributed by atoms with Gasteiger partial charge in [-0.1, -0.05) is 23.7 Å². The molecule has 1 N–H and O–H groups in total. The highest BCUT2D eigenvalue weighted by atomic mass is 35.5. The van der Waals surface area contributed by atoms with Crippen LogP contribution in [0.3, 0.4) is 0 Å². The van der Waals surface area contributed by atoms with Crippen molar-refractivity contribution >= 4 is 44.6 Å². The molecule has 0 saturated carbocycles. The Kier molecular flexibility index (Phi) is 5.42. The zero-order valence-electron chi connectivity index (χ0n) is 15.0. The van der Waals surface area contributed by atoms with E-state index in [2.05, 4.69) is 9.71 Å². The van der Waals surface area contributed by atoms with E-state index in [0.29, 0.717) is 10.6 Å². The number of aromatic nitrogens is 1. The number of thiophene rings is 1. The van der Waals surface area contributed by atoms with Crippen molar-refractivity contribution in [3.05, 3.63) is 89.0 Å². The van der Waals surface area contributed by atoms with Gasteiger partial charge in [-0.2, -0.15) is 0 Å². The molecule has 0 spiro atoms. The quantitative estimate of drug-likeness (QED) is 0.396. The van der Waals surface area contributed by atoms with Crippen molar-refractivity contribution < 1.29 is 22.0 Å². The van der Waals surface area contributed by atoms with Crippen molar-refractivity contribution in [1.29, 1.82) is 0 Å². The summed E-state index contributed by atoms with van der Waals surface area (Å²) in [5, 5.41) is 0.133. The third-order valence-electron chi connectivity index (χ3n) is 4.03. The Morgan fingerprint density at radius 1 is 1.13 bits per heavy atom.